The number of hydrogen-bond donors (Lipinski definition) is 2. The van der Waals surface area contributed by atoms with Crippen LogP contribution in [0.4, 0.5) is 5.69 Å². The van der Waals surface area contributed by atoms with Crippen molar-refractivity contribution in [1.82, 2.24) is 5.32 Å². The summed E-state index contributed by atoms with van der Waals surface area (Å²) in [6.45, 7) is 3.04. The molecule has 0 aliphatic rings. The van der Waals surface area contributed by atoms with Crippen LogP contribution in [0.3, 0.4) is 0 Å². The highest BCUT2D eigenvalue weighted by Crippen LogP contribution is 2.25. The van der Waals surface area contributed by atoms with Gasteiger partial charge in [-0.1, -0.05) is 12.1 Å². The Hall–Kier alpha value is -2.86. The van der Waals surface area contributed by atoms with Crippen LogP contribution in [0.15, 0.2) is 42.5 Å². The van der Waals surface area contributed by atoms with Crippen molar-refractivity contribution in [2.75, 3.05) is 32.7 Å². The zero-order chi connectivity index (χ0) is 18.9. The van der Waals surface area contributed by atoms with Crippen LogP contribution in [0.2, 0.25) is 0 Å². The van der Waals surface area contributed by atoms with Gasteiger partial charge >= 0.3 is 0 Å². The quantitative estimate of drug-likeness (QED) is 0.713. The van der Waals surface area contributed by atoms with E-state index in [1.54, 1.807) is 44.6 Å². The highest BCUT2D eigenvalue weighted by molar-refractivity contribution is 6.06. The summed E-state index contributed by atoms with van der Waals surface area (Å²) < 4.78 is 10.2. The molecule has 0 atom stereocenters. The van der Waals surface area contributed by atoms with Gasteiger partial charge in [0.05, 0.1) is 12.8 Å². The molecule has 0 heterocycles. The number of aryl methyl sites for hydroxylation is 1. The molecule has 0 aliphatic heterocycles. The van der Waals surface area contributed by atoms with Crippen molar-refractivity contribution in [3.8, 4) is 5.75 Å². The third kappa shape index (κ3) is 5.32. The Kier molecular flexibility index (Phi) is 7.17. The summed E-state index contributed by atoms with van der Waals surface area (Å²) in [4.78, 5) is 24.7. The van der Waals surface area contributed by atoms with E-state index in [1.807, 2.05) is 19.1 Å². The molecule has 0 bridgehead atoms. The van der Waals surface area contributed by atoms with Crippen molar-refractivity contribution in [3.63, 3.8) is 0 Å². The second-order valence-corrected chi connectivity index (χ2v) is 5.84. The molecule has 6 nitrogen and oxygen atoms in total. The zero-order valence-electron chi connectivity index (χ0n) is 15.3. The smallest absolute Gasteiger partial charge is 0.255 e. The van der Waals surface area contributed by atoms with Gasteiger partial charge in [-0.3, -0.25) is 9.59 Å². The van der Waals surface area contributed by atoms with Gasteiger partial charge in [-0.15, -0.1) is 0 Å². The SMILES string of the molecule is COCCCNC(=O)c1cccc(C(=O)Nc2cc(C)ccc2OC)c1. The molecule has 0 radical (unpaired) electrons. The summed E-state index contributed by atoms with van der Waals surface area (Å²) in [6.07, 6.45) is 0.732. The van der Waals surface area contributed by atoms with Gasteiger partial charge in [0, 0.05) is 31.4 Å². The molecule has 0 saturated heterocycles. The van der Waals surface area contributed by atoms with E-state index >= 15 is 0 Å². The Bertz CT molecular complexity index is 774. The number of ether oxygens (including phenoxy) is 2. The Labute approximate surface area is 153 Å². The molecule has 6 heteroatoms. The van der Waals surface area contributed by atoms with Crippen molar-refractivity contribution in [2.24, 2.45) is 0 Å². The molecule has 2 aromatic rings. The van der Waals surface area contributed by atoms with Crippen LogP contribution in [0.25, 0.3) is 0 Å². The van der Waals surface area contributed by atoms with Crippen molar-refractivity contribution in [2.45, 2.75) is 13.3 Å². The minimum atomic E-state index is -0.303. The number of rotatable bonds is 8. The second kappa shape index (κ2) is 9.58. The molecule has 0 aliphatic carbocycles. The maximum atomic E-state index is 12.6. The third-order valence-electron chi connectivity index (χ3n) is 3.80. The van der Waals surface area contributed by atoms with Crippen molar-refractivity contribution in [1.29, 1.82) is 0 Å². The minimum Gasteiger partial charge on any atom is -0.495 e. The Balaban J connectivity index is 2.08. The standard InChI is InChI=1S/C20H24N2O4/c1-14-8-9-18(26-3)17(12-14)22-20(24)16-7-4-6-15(13-16)19(23)21-10-5-11-25-2/h4,6-9,12-13H,5,10-11H2,1-3H3,(H,21,23)(H,22,24). The monoisotopic (exact) mass is 356 g/mol. The summed E-state index contributed by atoms with van der Waals surface area (Å²) in [5, 5.41) is 5.64. The lowest BCUT2D eigenvalue weighted by atomic mass is 10.1. The predicted molar refractivity (Wildman–Crippen MR) is 101 cm³/mol. The fraction of sp³-hybridized carbons (Fsp3) is 0.300. The topological polar surface area (TPSA) is 76.7 Å². The molecule has 0 aromatic heterocycles. The molecule has 2 aromatic carbocycles. The van der Waals surface area contributed by atoms with Gasteiger partial charge in [0.2, 0.25) is 0 Å². The molecule has 2 amide bonds. The first-order valence-corrected chi connectivity index (χ1v) is 8.38. The number of anilines is 1. The van der Waals surface area contributed by atoms with Gasteiger partial charge in [-0.25, -0.2) is 0 Å². The number of amides is 2. The highest BCUT2D eigenvalue weighted by Gasteiger charge is 2.12. The van der Waals surface area contributed by atoms with Crippen LogP contribution in [-0.4, -0.2) is 39.2 Å². The van der Waals surface area contributed by atoms with E-state index in [4.69, 9.17) is 9.47 Å². The molecule has 0 saturated carbocycles. The van der Waals surface area contributed by atoms with Gasteiger partial charge in [0.1, 0.15) is 5.75 Å². The van der Waals surface area contributed by atoms with E-state index in [1.165, 1.54) is 0 Å². The molecule has 0 spiro atoms. The van der Waals surface area contributed by atoms with Gasteiger partial charge < -0.3 is 20.1 Å². The number of methoxy groups -OCH3 is 2. The van der Waals surface area contributed by atoms with E-state index in [0.717, 1.165) is 12.0 Å². The van der Waals surface area contributed by atoms with Gasteiger partial charge in [0.15, 0.2) is 0 Å². The number of benzene rings is 2. The van der Waals surface area contributed by atoms with Crippen LogP contribution in [0, 0.1) is 6.92 Å². The molecule has 138 valence electrons. The largest absolute Gasteiger partial charge is 0.495 e. The van der Waals surface area contributed by atoms with Crippen molar-refractivity contribution in [3.05, 3.63) is 59.2 Å². The fourth-order valence-corrected chi connectivity index (χ4v) is 2.44. The van der Waals surface area contributed by atoms with Crippen LogP contribution in [0.1, 0.15) is 32.7 Å². The first-order chi connectivity index (χ1) is 12.5. The molecular weight excluding hydrogens is 332 g/mol. The molecular formula is C20H24N2O4. The highest BCUT2D eigenvalue weighted by atomic mass is 16.5. The van der Waals surface area contributed by atoms with E-state index in [0.29, 0.717) is 35.7 Å². The molecule has 2 rings (SSSR count). The third-order valence-corrected chi connectivity index (χ3v) is 3.80. The molecule has 0 unspecified atom stereocenters. The summed E-state index contributed by atoms with van der Waals surface area (Å²) in [7, 11) is 3.17. The van der Waals surface area contributed by atoms with Crippen LogP contribution in [0.5, 0.6) is 5.75 Å². The van der Waals surface area contributed by atoms with Gasteiger partial charge in [0.25, 0.3) is 11.8 Å². The predicted octanol–water partition coefficient (Wildman–Crippen LogP) is 3.02. The van der Waals surface area contributed by atoms with Gasteiger partial charge in [-0.2, -0.15) is 0 Å². The lowest BCUT2D eigenvalue weighted by Gasteiger charge is -2.11. The van der Waals surface area contributed by atoms with Crippen LogP contribution in [-0.2, 0) is 4.74 Å². The van der Waals surface area contributed by atoms with E-state index in [9.17, 15) is 9.59 Å². The van der Waals surface area contributed by atoms with Gasteiger partial charge in [-0.05, 0) is 49.2 Å². The number of carbonyl (C=O) groups excluding carboxylic acids is 2. The lowest BCUT2D eigenvalue weighted by molar-refractivity contribution is 0.0948. The normalized spacial score (nSPS) is 10.3. The first kappa shape index (κ1) is 19.5. The zero-order valence-corrected chi connectivity index (χ0v) is 15.3. The van der Waals surface area contributed by atoms with Crippen molar-refractivity contribution >= 4 is 17.5 Å². The van der Waals surface area contributed by atoms with Crippen LogP contribution < -0.4 is 15.4 Å². The van der Waals surface area contributed by atoms with E-state index in [2.05, 4.69) is 10.6 Å². The summed E-state index contributed by atoms with van der Waals surface area (Å²) >= 11 is 0. The van der Waals surface area contributed by atoms with E-state index < -0.39 is 0 Å². The first-order valence-electron chi connectivity index (χ1n) is 8.38. The summed E-state index contributed by atoms with van der Waals surface area (Å²) in [5.74, 6) is 0.0582. The Morgan fingerprint density at radius 2 is 1.73 bits per heavy atom. The second-order valence-electron chi connectivity index (χ2n) is 5.84. The number of nitrogens with one attached hydrogen (secondary N) is 2. The maximum Gasteiger partial charge on any atom is 0.255 e. The van der Waals surface area contributed by atoms with E-state index in [-0.39, 0.29) is 11.8 Å². The average molecular weight is 356 g/mol. The fourth-order valence-electron chi connectivity index (χ4n) is 2.44. The Morgan fingerprint density at radius 3 is 2.42 bits per heavy atom. The van der Waals surface area contributed by atoms with Crippen LogP contribution >= 0.6 is 0 Å². The minimum absolute atomic E-state index is 0.219. The summed E-state index contributed by atoms with van der Waals surface area (Å²) in [5.41, 5.74) is 2.43. The Morgan fingerprint density at radius 1 is 1.00 bits per heavy atom. The molecule has 2 N–H and O–H groups in total. The number of carbonyl (C=O) groups is 2. The summed E-state index contributed by atoms with van der Waals surface area (Å²) in [6, 6.07) is 12.1. The average Bonchev–Trinajstić information content (AvgIpc) is 2.65. The maximum absolute atomic E-state index is 12.6. The number of hydrogen-bond acceptors (Lipinski definition) is 4. The molecule has 26 heavy (non-hydrogen) atoms. The molecule has 0 fully saturated rings. The van der Waals surface area contributed by atoms with Crippen molar-refractivity contribution < 1.29 is 19.1 Å². The lowest BCUT2D eigenvalue weighted by Crippen LogP contribution is -2.25.